The Hall–Kier alpha value is -3.39. The lowest BCUT2D eigenvalue weighted by atomic mass is 9.99. The summed E-state index contributed by atoms with van der Waals surface area (Å²) in [5.41, 5.74) is 3.08. The maximum absolute atomic E-state index is 12.9. The lowest BCUT2D eigenvalue weighted by Gasteiger charge is -2.27. The van der Waals surface area contributed by atoms with Crippen molar-refractivity contribution in [2.75, 3.05) is 20.3 Å². The van der Waals surface area contributed by atoms with Crippen LogP contribution < -0.4 is 10.1 Å². The van der Waals surface area contributed by atoms with Crippen LogP contribution in [0.15, 0.2) is 66.7 Å². The first-order valence-electron chi connectivity index (χ1n) is 12.9. The molecule has 0 amide bonds. The summed E-state index contributed by atoms with van der Waals surface area (Å²) in [7, 11) is 1.56. The molecule has 0 spiro atoms. The number of rotatable bonds is 11. The number of halogens is 1. The van der Waals surface area contributed by atoms with Gasteiger partial charge < -0.3 is 24.6 Å². The van der Waals surface area contributed by atoms with E-state index in [1.165, 1.54) is 0 Å². The molecule has 0 bridgehead atoms. The van der Waals surface area contributed by atoms with Crippen molar-refractivity contribution in [1.82, 2.24) is 5.32 Å². The Kier molecular flexibility index (Phi) is 10.5. The maximum Gasteiger partial charge on any atom is 0.338 e. The number of esters is 2. The molecule has 0 fully saturated rings. The van der Waals surface area contributed by atoms with Crippen molar-refractivity contribution in [1.29, 1.82) is 0 Å². The van der Waals surface area contributed by atoms with E-state index in [1.54, 1.807) is 71.2 Å². The van der Waals surface area contributed by atoms with E-state index in [1.807, 2.05) is 30.3 Å². The van der Waals surface area contributed by atoms with Gasteiger partial charge in [-0.05, 0) is 81.1 Å². The van der Waals surface area contributed by atoms with Crippen LogP contribution in [0.3, 0.4) is 0 Å². The third kappa shape index (κ3) is 8.55. The Bertz CT molecular complexity index is 1270. The van der Waals surface area contributed by atoms with Gasteiger partial charge in [0, 0.05) is 17.1 Å². The average molecular weight is 554 g/mol. The van der Waals surface area contributed by atoms with E-state index in [-0.39, 0.29) is 0 Å². The Morgan fingerprint density at radius 1 is 1.03 bits per heavy atom. The largest absolute Gasteiger partial charge is 0.496 e. The summed E-state index contributed by atoms with van der Waals surface area (Å²) in [4.78, 5) is 25.0. The number of aliphatic hydroxyl groups excluding tert-OH is 1. The lowest BCUT2D eigenvalue weighted by molar-refractivity contribution is -0.160. The second-order valence-corrected chi connectivity index (χ2v) is 10.5. The Morgan fingerprint density at radius 3 is 2.36 bits per heavy atom. The minimum absolute atomic E-state index is 0.303. The number of hydrogen-bond acceptors (Lipinski definition) is 7. The van der Waals surface area contributed by atoms with Gasteiger partial charge in [0.2, 0.25) is 0 Å². The SMILES string of the molecule is CCOC(=O)c1ccc(-c2ccc(CCNC(C(=O)OC(C)(C)C)[C@H](O)c3cccc(Cl)c3)cc2)c(OC)c1. The second kappa shape index (κ2) is 13.6. The molecular weight excluding hydrogens is 518 g/mol. The van der Waals surface area contributed by atoms with Gasteiger partial charge in [0.15, 0.2) is 0 Å². The molecule has 0 aliphatic rings. The third-order valence-electron chi connectivity index (χ3n) is 5.92. The lowest BCUT2D eigenvalue weighted by Crippen LogP contribution is -2.46. The Morgan fingerprint density at radius 2 is 1.74 bits per heavy atom. The molecule has 7 nitrogen and oxygen atoms in total. The van der Waals surface area contributed by atoms with Crippen LogP contribution in [0.25, 0.3) is 11.1 Å². The highest BCUT2D eigenvalue weighted by Crippen LogP contribution is 2.31. The van der Waals surface area contributed by atoms with Crippen molar-refractivity contribution in [3.63, 3.8) is 0 Å². The standard InChI is InChI=1S/C31H36ClNO6/c1-6-38-29(35)23-14-15-25(26(19-23)37-5)21-12-10-20(11-13-21)16-17-33-27(30(36)39-31(2,3)4)28(34)22-8-7-9-24(32)18-22/h7-15,18-19,27-28,33-34H,6,16-17H2,1-5H3/t27?,28-/m1/s1. The van der Waals surface area contributed by atoms with E-state index >= 15 is 0 Å². The number of ether oxygens (including phenoxy) is 3. The minimum Gasteiger partial charge on any atom is -0.496 e. The van der Waals surface area contributed by atoms with E-state index in [9.17, 15) is 14.7 Å². The first-order valence-corrected chi connectivity index (χ1v) is 13.2. The molecule has 39 heavy (non-hydrogen) atoms. The summed E-state index contributed by atoms with van der Waals surface area (Å²) < 4.78 is 16.2. The van der Waals surface area contributed by atoms with Crippen LogP contribution in [0, 0.1) is 0 Å². The summed E-state index contributed by atoms with van der Waals surface area (Å²) in [5.74, 6) is -0.357. The first-order chi connectivity index (χ1) is 18.5. The highest BCUT2D eigenvalue weighted by molar-refractivity contribution is 6.30. The van der Waals surface area contributed by atoms with Crippen molar-refractivity contribution in [2.45, 2.75) is 51.9 Å². The molecule has 0 saturated heterocycles. The van der Waals surface area contributed by atoms with Crippen LogP contribution >= 0.6 is 11.6 Å². The van der Waals surface area contributed by atoms with Gasteiger partial charge in [0.25, 0.3) is 0 Å². The van der Waals surface area contributed by atoms with Crippen LogP contribution in [-0.4, -0.2) is 48.9 Å². The smallest absolute Gasteiger partial charge is 0.338 e. The zero-order valence-corrected chi connectivity index (χ0v) is 23.7. The van der Waals surface area contributed by atoms with Crippen molar-refractivity contribution in [3.05, 3.63) is 88.4 Å². The molecule has 0 radical (unpaired) electrons. The molecule has 3 rings (SSSR count). The fraction of sp³-hybridized carbons (Fsp3) is 0.355. The quantitative estimate of drug-likeness (QED) is 0.291. The minimum atomic E-state index is -1.13. The normalized spacial score (nSPS) is 12.9. The monoisotopic (exact) mass is 553 g/mol. The molecule has 2 atom stereocenters. The predicted molar refractivity (Wildman–Crippen MR) is 152 cm³/mol. The van der Waals surface area contributed by atoms with E-state index in [2.05, 4.69) is 5.32 Å². The molecule has 0 heterocycles. The van der Waals surface area contributed by atoms with Gasteiger partial charge in [-0.1, -0.05) is 48.0 Å². The number of hydrogen-bond donors (Lipinski definition) is 2. The third-order valence-corrected chi connectivity index (χ3v) is 6.16. The topological polar surface area (TPSA) is 94.1 Å². The summed E-state index contributed by atoms with van der Waals surface area (Å²) in [5, 5.41) is 14.6. The molecule has 0 aliphatic carbocycles. The molecule has 208 valence electrons. The zero-order chi connectivity index (χ0) is 28.6. The van der Waals surface area contributed by atoms with Gasteiger partial charge in [-0.3, -0.25) is 4.79 Å². The highest BCUT2D eigenvalue weighted by Gasteiger charge is 2.32. The van der Waals surface area contributed by atoms with Gasteiger partial charge in [-0.25, -0.2) is 4.79 Å². The molecule has 0 saturated carbocycles. The average Bonchev–Trinajstić information content (AvgIpc) is 2.90. The number of carbonyl (C=O) groups is 2. The molecular formula is C31H36ClNO6. The van der Waals surface area contributed by atoms with Crippen LogP contribution in [0.2, 0.25) is 5.02 Å². The molecule has 8 heteroatoms. The second-order valence-electron chi connectivity index (χ2n) is 10.0. The number of methoxy groups -OCH3 is 1. The first kappa shape index (κ1) is 30.2. The number of benzene rings is 3. The van der Waals surface area contributed by atoms with Crippen molar-refractivity contribution in [2.24, 2.45) is 0 Å². The van der Waals surface area contributed by atoms with E-state index in [4.69, 9.17) is 25.8 Å². The fourth-order valence-electron chi connectivity index (χ4n) is 4.07. The molecule has 0 aromatic heterocycles. The molecule has 1 unspecified atom stereocenters. The van der Waals surface area contributed by atoms with Gasteiger partial charge in [-0.2, -0.15) is 0 Å². The van der Waals surface area contributed by atoms with Crippen molar-refractivity contribution >= 4 is 23.5 Å². The van der Waals surface area contributed by atoms with Crippen LogP contribution in [0.5, 0.6) is 5.75 Å². The molecule has 0 aliphatic heterocycles. The van der Waals surface area contributed by atoms with Crippen LogP contribution in [-0.2, 0) is 20.7 Å². The maximum atomic E-state index is 12.9. The number of carbonyl (C=O) groups excluding carboxylic acids is 2. The summed E-state index contributed by atoms with van der Waals surface area (Å²) >= 11 is 6.10. The van der Waals surface area contributed by atoms with E-state index in [0.717, 1.165) is 16.7 Å². The van der Waals surface area contributed by atoms with Crippen molar-refractivity contribution < 1.29 is 28.9 Å². The van der Waals surface area contributed by atoms with Gasteiger partial charge in [0.1, 0.15) is 23.5 Å². The fourth-order valence-corrected chi connectivity index (χ4v) is 4.26. The van der Waals surface area contributed by atoms with E-state index < -0.39 is 29.7 Å². The Balaban J connectivity index is 1.70. The van der Waals surface area contributed by atoms with Gasteiger partial charge in [0.05, 0.1) is 19.3 Å². The highest BCUT2D eigenvalue weighted by atomic mass is 35.5. The summed E-state index contributed by atoms with van der Waals surface area (Å²) in [6.07, 6.45) is -0.521. The van der Waals surface area contributed by atoms with Gasteiger partial charge >= 0.3 is 11.9 Å². The number of aliphatic hydroxyl groups is 1. The predicted octanol–water partition coefficient (Wildman–Crippen LogP) is 5.77. The van der Waals surface area contributed by atoms with Gasteiger partial charge in [-0.15, -0.1) is 0 Å². The van der Waals surface area contributed by atoms with Crippen LogP contribution in [0.4, 0.5) is 0 Å². The zero-order valence-electron chi connectivity index (χ0n) is 23.0. The molecule has 3 aromatic carbocycles. The number of nitrogens with one attached hydrogen (secondary N) is 1. The molecule has 3 aromatic rings. The van der Waals surface area contributed by atoms with Crippen LogP contribution in [0.1, 0.15) is 55.3 Å². The van der Waals surface area contributed by atoms with Crippen molar-refractivity contribution in [3.8, 4) is 16.9 Å². The summed E-state index contributed by atoms with van der Waals surface area (Å²) in [6, 6.07) is 19.0. The van der Waals surface area contributed by atoms with E-state index in [0.29, 0.717) is 41.5 Å². The Labute approximate surface area is 235 Å². The summed E-state index contributed by atoms with van der Waals surface area (Å²) in [6.45, 7) is 7.85. The molecule has 2 N–H and O–H groups in total.